The van der Waals surface area contributed by atoms with E-state index in [1.165, 1.54) is 0 Å². The van der Waals surface area contributed by atoms with Gasteiger partial charge in [0.25, 0.3) is 0 Å². The number of piperidine rings is 1. The Balaban J connectivity index is 1.74. The number of nitrogens with one attached hydrogen (secondary N) is 1. The van der Waals surface area contributed by atoms with E-state index in [2.05, 4.69) is 20.3 Å². The molecule has 114 valence electrons. The lowest BCUT2D eigenvalue weighted by atomic mass is 9.96. The molecule has 0 bridgehead atoms. The van der Waals surface area contributed by atoms with Gasteiger partial charge < -0.3 is 10.2 Å². The number of likely N-dealkylation sites (tertiary alicyclic amines) is 1. The molecule has 1 fully saturated rings. The molecule has 3 heterocycles. The number of aromatic nitrogens is 3. The number of hydrogen-bond acceptors (Lipinski definition) is 5. The molecule has 6 nitrogen and oxygen atoms in total. The maximum absolute atomic E-state index is 11.8. The molecule has 2 aromatic rings. The number of carbonyl (C=O) groups is 1. The molecule has 1 N–H and O–H groups in total. The SMILES string of the molecule is CC(=O)N1CCCC[C@@H]1c1ccc(Nc2cnccn2)nc1. The fraction of sp³-hybridized carbons (Fsp3) is 0.375. The lowest BCUT2D eigenvalue weighted by Crippen LogP contribution is -2.36. The Morgan fingerprint density at radius 3 is 2.77 bits per heavy atom. The molecule has 0 radical (unpaired) electrons. The van der Waals surface area contributed by atoms with Crippen molar-refractivity contribution in [1.29, 1.82) is 0 Å². The van der Waals surface area contributed by atoms with Crippen LogP contribution in [0.3, 0.4) is 0 Å². The standard InChI is InChI=1S/C16H19N5O/c1-12(22)21-9-3-2-4-14(21)13-5-6-15(19-10-13)20-16-11-17-7-8-18-16/h5-8,10-11,14H,2-4,9H2,1H3,(H,18,19,20)/t14-/m1/s1. The average molecular weight is 297 g/mol. The Kier molecular flexibility index (Phi) is 4.27. The number of anilines is 2. The third kappa shape index (κ3) is 3.21. The van der Waals surface area contributed by atoms with Gasteiger partial charge in [-0.25, -0.2) is 9.97 Å². The normalized spacial score (nSPS) is 18.0. The van der Waals surface area contributed by atoms with Crippen molar-refractivity contribution in [3.8, 4) is 0 Å². The Bertz CT molecular complexity index is 629. The highest BCUT2D eigenvalue weighted by atomic mass is 16.2. The second kappa shape index (κ2) is 6.51. The van der Waals surface area contributed by atoms with E-state index in [0.29, 0.717) is 5.82 Å². The van der Waals surface area contributed by atoms with Gasteiger partial charge in [0.05, 0.1) is 12.2 Å². The molecule has 1 amide bonds. The maximum atomic E-state index is 11.8. The first-order valence-electron chi connectivity index (χ1n) is 7.50. The van der Waals surface area contributed by atoms with Crippen molar-refractivity contribution in [1.82, 2.24) is 19.9 Å². The lowest BCUT2D eigenvalue weighted by molar-refractivity contribution is -0.132. The van der Waals surface area contributed by atoms with Crippen LogP contribution in [0.4, 0.5) is 11.6 Å². The number of hydrogen-bond donors (Lipinski definition) is 1. The van der Waals surface area contributed by atoms with Crippen LogP contribution < -0.4 is 5.32 Å². The molecule has 0 aliphatic carbocycles. The molecule has 0 saturated carbocycles. The van der Waals surface area contributed by atoms with E-state index in [1.807, 2.05) is 23.2 Å². The van der Waals surface area contributed by atoms with Gasteiger partial charge in [-0.2, -0.15) is 0 Å². The monoisotopic (exact) mass is 297 g/mol. The minimum absolute atomic E-state index is 0.131. The molecular weight excluding hydrogens is 278 g/mol. The quantitative estimate of drug-likeness (QED) is 0.943. The third-order valence-electron chi connectivity index (χ3n) is 3.90. The molecule has 0 unspecified atom stereocenters. The van der Waals surface area contributed by atoms with Gasteiger partial charge in [-0.15, -0.1) is 0 Å². The average Bonchev–Trinajstić information content (AvgIpc) is 2.56. The van der Waals surface area contributed by atoms with Gasteiger partial charge in [0.1, 0.15) is 11.6 Å². The summed E-state index contributed by atoms with van der Waals surface area (Å²) >= 11 is 0. The predicted molar refractivity (Wildman–Crippen MR) is 83.5 cm³/mol. The van der Waals surface area contributed by atoms with Crippen molar-refractivity contribution in [3.05, 3.63) is 42.5 Å². The van der Waals surface area contributed by atoms with Gasteiger partial charge in [-0.05, 0) is 30.9 Å². The van der Waals surface area contributed by atoms with Crippen LogP contribution in [0, 0.1) is 0 Å². The van der Waals surface area contributed by atoms with Crippen LogP contribution in [-0.4, -0.2) is 32.3 Å². The van der Waals surface area contributed by atoms with Gasteiger partial charge in [-0.1, -0.05) is 6.07 Å². The molecule has 22 heavy (non-hydrogen) atoms. The summed E-state index contributed by atoms with van der Waals surface area (Å²) in [5.41, 5.74) is 1.08. The van der Waals surface area contributed by atoms with Crippen molar-refractivity contribution in [3.63, 3.8) is 0 Å². The molecule has 6 heteroatoms. The van der Waals surface area contributed by atoms with E-state index in [1.54, 1.807) is 25.5 Å². The van der Waals surface area contributed by atoms with Crippen molar-refractivity contribution in [2.45, 2.75) is 32.2 Å². The maximum Gasteiger partial charge on any atom is 0.219 e. The zero-order chi connectivity index (χ0) is 15.4. The Labute approximate surface area is 129 Å². The van der Waals surface area contributed by atoms with Crippen LogP contribution in [-0.2, 0) is 4.79 Å². The van der Waals surface area contributed by atoms with Crippen LogP contribution >= 0.6 is 0 Å². The summed E-state index contributed by atoms with van der Waals surface area (Å²) in [5.74, 6) is 1.51. The molecule has 1 saturated heterocycles. The molecule has 1 aliphatic rings. The van der Waals surface area contributed by atoms with Crippen molar-refractivity contribution in [2.75, 3.05) is 11.9 Å². The van der Waals surface area contributed by atoms with Gasteiger partial charge in [-0.3, -0.25) is 9.78 Å². The zero-order valence-corrected chi connectivity index (χ0v) is 12.6. The zero-order valence-electron chi connectivity index (χ0n) is 12.6. The molecule has 0 spiro atoms. The fourth-order valence-corrected chi connectivity index (χ4v) is 2.83. The topological polar surface area (TPSA) is 71.0 Å². The molecule has 1 aliphatic heterocycles. The smallest absolute Gasteiger partial charge is 0.219 e. The van der Waals surface area contributed by atoms with Gasteiger partial charge >= 0.3 is 0 Å². The summed E-state index contributed by atoms with van der Waals surface area (Å²) in [6.45, 7) is 2.47. The van der Waals surface area contributed by atoms with Crippen LogP contribution in [0.1, 0.15) is 37.8 Å². The highest BCUT2D eigenvalue weighted by Crippen LogP contribution is 2.31. The van der Waals surface area contributed by atoms with E-state index in [0.717, 1.165) is 37.2 Å². The summed E-state index contributed by atoms with van der Waals surface area (Å²) in [6, 6.07) is 4.08. The first-order valence-corrected chi connectivity index (χ1v) is 7.50. The van der Waals surface area contributed by atoms with Gasteiger partial charge in [0.15, 0.2) is 0 Å². The van der Waals surface area contributed by atoms with Gasteiger partial charge in [0, 0.05) is 32.1 Å². The summed E-state index contributed by atoms with van der Waals surface area (Å²) in [4.78, 5) is 26.3. The van der Waals surface area contributed by atoms with Crippen molar-refractivity contribution >= 4 is 17.5 Å². The first kappa shape index (κ1) is 14.4. The minimum atomic E-state index is 0.131. The first-order chi connectivity index (χ1) is 10.7. The van der Waals surface area contributed by atoms with Crippen molar-refractivity contribution < 1.29 is 4.79 Å². The van der Waals surface area contributed by atoms with E-state index in [9.17, 15) is 4.79 Å². The van der Waals surface area contributed by atoms with E-state index < -0.39 is 0 Å². The fourth-order valence-electron chi connectivity index (χ4n) is 2.83. The second-order valence-corrected chi connectivity index (χ2v) is 5.42. The van der Waals surface area contributed by atoms with Crippen LogP contribution in [0.25, 0.3) is 0 Å². The van der Waals surface area contributed by atoms with E-state index in [-0.39, 0.29) is 11.9 Å². The highest BCUT2D eigenvalue weighted by molar-refractivity contribution is 5.74. The van der Waals surface area contributed by atoms with Gasteiger partial charge in [0.2, 0.25) is 5.91 Å². The van der Waals surface area contributed by atoms with E-state index >= 15 is 0 Å². The molecular formula is C16H19N5O. The Morgan fingerprint density at radius 1 is 1.18 bits per heavy atom. The number of pyridine rings is 1. The lowest BCUT2D eigenvalue weighted by Gasteiger charge is -2.35. The summed E-state index contributed by atoms with van der Waals surface area (Å²) in [6.07, 6.45) is 9.96. The van der Waals surface area contributed by atoms with E-state index in [4.69, 9.17) is 0 Å². The van der Waals surface area contributed by atoms with Crippen LogP contribution in [0.5, 0.6) is 0 Å². The second-order valence-electron chi connectivity index (χ2n) is 5.42. The largest absolute Gasteiger partial charge is 0.336 e. The Hall–Kier alpha value is -2.50. The highest BCUT2D eigenvalue weighted by Gasteiger charge is 2.25. The van der Waals surface area contributed by atoms with Crippen molar-refractivity contribution in [2.24, 2.45) is 0 Å². The third-order valence-corrected chi connectivity index (χ3v) is 3.90. The summed E-state index contributed by atoms with van der Waals surface area (Å²) in [7, 11) is 0. The number of amides is 1. The minimum Gasteiger partial charge on any atom is -0.336 e. The van der Waals surface area contributed by atoms with Crippen LogP contribution in [0.15, 0.2) is 36.9 Å². The Morgan fingerprint density at radius 2 is 2.09 bits per heavy atom. The molecule has 3 rings (SSSR count). The molecule has 0 aromatic carbocycles. The van der Waals surface area contributed by atoms with Crippen LogP contribution in [0.2, 0.25) is 0 Å². The molecule has 1 atom stereocenters. The number of nitrogens with zero attached hydrogens (tertiary/aromatic N) is 4. The number of rotatable bonds is 3. The molecule has 2 aromatic heterocycles. The predicted octanol–water partition coefficient (Wildman–Crippen LogP) is 2.69. The summed E-state index contributed by atoms with van der Waals surface area (Å²) < 4.78 is 0. The number of carbonyl (C=O) groups excluding carboxylic acids is 1. The summed E-state index contributed by atoms with van der Waals surface area (Å²) in [5, 5.41) is 3.10.